The van der Waals surface area contributed by atoms with Gasteiger partial charge in [0.25, 0.3) is 0 Å². The monoisotopic (exact) mass is 378 g/mol. The summed E-state index contributed by atoms with van der Waals surface area (Å²) in [4.78, 5) is 16.7. The molecule has 1 heterocycles. The number of halogens is 2. The van der Waals surface area contributed by atoms with E-state index in [0.29, 0.717) is 22.2 Å². The predicted octanol–water partition coefficient (Wildman–Crippen LogP) is 6.25. The van der Waals surface area contributed by atoms with Crippen molar-refractivity contribution in [2.24, 2.45) is 5.92 Å². The molecule has 1 N–H and O–H groups in total. The molecule has 0 saturated carbocycles. The van der Waals surface area contributed by atoms with Crippen molar-refractivity contribution in [2.75, 3.05) is 5.32 Å². The second-order valence-corrected chi connectivity index (χ2v) is 7.79. The Hall–Kier alpha value is -1.62. The molecule has 3 aromatic rings. The van der Waals surface area contributed by atoms with Gasteiger partial charge in [0, 0.05) is 12.0 Å². The van der Waals surface area contributed by atoms with E-state index in [2.05, 4.69) is 10.3 Å². The zero-order chi connectivity index (χ0) is 17.3. The normalized spacial score (nSPS) is 11.2. The van der Waals surface area contributed by atoms with Gasteiger partial charge in [-0.3, -0.25) is 4.79 Å². The van der Waals surface area contributed by atoms with Crippen LogP contribution in [-0.2, 0) is 4.79 Å². The van der Waals surface area contributed by atoms with E-state index in [9.17, 15) is 4.79 Å². The van der Waals surface area contributed by atoms with Crippen LogP contribution in [0.1, 0.15) is 20.3 Å². The highest BCUT2D eigenvalue weighted by atomic mass is 35.5. The fourth-order valence-electron chi connectivity index (χ4n) is 2.37. The van der Waals surface area contributed by atoms with E-state index in [1.165, 1.54) is 0 Å². The molecule has 0 aliphatic carbocycles. The van der Waals surface area contributed by atoms with Crippen LogP contribution < -0.4 is 5.32 Å². The number of nitrogens with one attached hydrogen (secondary N) is 1. The Labute approximate surface area is 154 Å². The van der Waals surface area contributed by atoms with Crippen molar-refractivity contribution in [3.8, 4) is 10.6 Å². The van der Waals surface area contributed by atoms with Crippen LogP contribution >= 0.6 is 34.5 Å². The molecule has 24 heavy (non-hydrogen) atoms. The first-order valence-corrected chi connectivity index (χ1v) is 9.16. The SMILES string of the molecule is CC(C)CC(=O)Nc1cc(-c2nc3ccccc3s2)c(Cl)cc1Cl. The second-order valence-electron chi connectivity index (χ2n) is 5.94. The summed E-state index contributed by atoms with van der Waals surface area (Å²) in [7, 11) is 0. The van der Waals surface area contributed by atoms with Crippen LogP contribution in [0.2, 0.25) is 10.0 Å². The highest BCUT2D eigenvalue weighted by Gasteiger charge is 2.15. The lowest BCUT2D eigenvalue weighted by atomic mass is 10.1. The molecule has 0 spiro atoms. The van der Waals surface area contributed by atoms with E-state index in [-0.39, 0.29) is 11.8 Å². The largest absolute Gasteiger partial charge is 0.325 e. The summed E-state index contributed by atoms with van der Waals surface area (Å²) < 4.78 is 1.09. The third kappa shape index (κ3) is 3.72. The Morgan fingerprint density at radius 3 is 2.67 bits per heavy atom. The van der Waals surface area contributed by atoms with Gasteiger partial charge in [-0.05, 0) is 30.2 Å². The van der Waals surface area contributed by atoms with E-state index in [1.807, 2.05) is 38.1 Å². The van der Waals surface area contributed by atoms with Gasteiger partial charge in [-0.1, -0.05) is 49.2 Å². The summed E-state index contributed by atoms with van der Waals surface area (Å²) in [6.45, 7) is 3.99. The fraction of sp³-hybridized carbons (Fsp3) is 0.222. The second kappa shape index (κ2) is 7.09. The molecule has 0 atom stereocenters. The number of aromatic nitrogens is 1. The number of benzene rings is 2. The van der Waals surface area contributed by atoms with Crippen LogP contribution in [0.5, 0.6) is 0 Å². The van der Waals surface area contributed by atoms with E-state index >= 15 is 0 Å². The zero-order valence-electron chi connectivity index (χ0n) is 13.3. The lowest BCUT2D eigenvalue weighted by molar-refractivity contribution is -0.116. The quantitative estimate of drug-likeness (QED) is 0.582. The predicted molar refractivity (Wildman–Crippen MR) is 103 cm³/mol. The van der Waals surface area contributed by atoms with Crippen LogP contribution in [0.4, 0.5) is 5.69 Å². The van der Waals surface area contributed by atoms with Gasteiger partial charge >= 0.3 is 0 Å². The molecule has 1 aromatic heterocycles. The molecule has 0 saturated heterocycles. The van der Waals surface area contributed by atoms with Gasteiger partial charge in [-0.2, -0.15) is 0 Å². The van der Waals surface area contributed by atoms with Crippen LogP contribution in [0.15, 0.2) is 36.4 Å². The van der Waals surface area contributed by atoms with Gasteiger partial charge in [0.05, 0.1) is 25.9 Å². The summed E-state index contributed by atoms with van der Waals surface area (Å²) >= 11 is 14.1. The van der Waals surface area contributed by atoms with Crippen molar-refractivity contribution in [1.82, 2.24) is 4.98 Å². The highest BCUT2D eigenvalue weighted by molar-refractivity contribution is 7.21. The number of amides is 1. The molecule has 0 aliphatic heterocycles. The molecular formula is C18H16Cl2N2OS. The van der Waals surface area contributed by atoms with Gasteiger partial charge in [0.15, 0.2) is 0 Å². The third-order valence-electron chi connectivity index (χ3n) is 3.45. The molecule has 0 unspecified atom stereocenters. The number of para-hydroxylation sites is 1. The number of hydrogen-bond acceptors (Lipinski definition) is 3. The van der Waals surface area contributed by atoms with Gasteiger partial charge in [-0.15, -0.1) is 11.3 Å². The molecular weight excluding hydrogens is 363 g/mol. The van der Waals surface area contributed by atoms with Gasteiger partial charge in [-0.25, -0.2) is 4.98 Å². The van der Waals surface area contributed by atoms with E-state index < -0.39 is 0 Å². The first kappa shape index (κ1) is 17.2. The van der Waals surface area contributed by atoms with Crippen molar-refractivity contribution < 1.29 is 4.79 Å². The van der Waals surface area contributed by atoms with Crippen molar-refractivity contribution in [3.63, 3.8) is 0 Å². The molecule has 2 aromatic carbocycles. The van der Waals surface area contributed by atoms with Crippen molar-refractivity contribution in [2.45, 2.75) is 20.3 Å². The number of rotatable bonds is 4. The number of fused-ring (bicyclic) bond motifs is 1. The minimum atomic E-state index is -0.0653. The molecule has 0 fully saturated rings. The molecule has 3 nitrogen and oxygen atoms in total. The molecule has 124 valence electrons. The maximum Gasteiger partial charge on any atom is 0.224 e. The average Bonchev–Trinajstić information content (AvgIpc) is 2.92. The standard InChI is InChI=1S/C18H16Cl2N2OS/c1-10(2)7-17(23)21-15-8-11(12(19)9-13(15)20)18-22-14-5-3-4-6-16(14)24-18/h3-6,8-10H,7H2,1-2H3,(H,21,23). The first-order chi connectivity index (χ1) is 11.4. The average molecular weight is 379 g/mol. The Kier molecular flexibility index (Phi) is 5.09. The Bertz CT molecular complexity index is 872. The lowest BCUT2D eigenvalue weighted by Gasteiger charge is -2.11. The van der Waals surface area contributed by atoms with Crippen LogP contribution in [-0.4, -0.2) is 10.9 Å². The summed E-state index contributed by atoms with van der Waals surface area (Å²) in [6, 6.07) is 11.4. The van der Waals surface area contributed by atoms with Crippen molar-refractivity contribution in [3.05, 3.63) is 46.4 Å². The fourth-order valence-corrected chi connectivity index (χ4v) is 3.94. The highest BCUT2D eigenvalue weighted by Crippen LogP contribution is 2.38. The number of carbonyl (C=O) groups is 1. The zero-order valence-corrected chi connectivity index (χ0v) is 15.6. The molecule has 6 heteroatoms. The smallest absolute Gasteiger partial charge is 0.224 e. The summed E-state index contributed by atoms with van der Waals surface area (Å²) in [5.74, 6) is 0.212. The van der Waals surface area contributed by atoms with Gasteiger partial charge in [0.1, 0.15) is 5.01 Å². The Morgan fingerprint density at radius 2 is 1.96 bits per heavy atom. The molecule has 0 bridgehead atoms. The van der Waals surface area contributed by atoms with Gasteiger partial charge < -0.3 is 5.32 Å². The first-order valence-electron chi connectivity index (χ1n) is 7.59. The van der Waals surface area contributed by atoms with E-state index in [0.717, 1.165) is 20.8 Å². The summed E-state index contributed by atoms with van der Waals surface area (Å²) in [5.41, 5.74) is 2.25. The number of hydrogen-bond donors (Lipinski definition) is 1. The number of thiazole rings is 1. The number of nitrogens with zero attached hydrogens (tertiary/aromatic N) is 1. The molecule has 3 rings (SSSR count). The molecule has 0 aliphatic rings. The summed E-state index contributed by atoms with van der Waals surface area (Å²) in [5, 5.41) is 4.60. The van der Waals surface area contributed by atoms with Crippen molar-refractivity contribution in [1.29, 1.82) is 0 Å². The summed E-state index contributed by atoms with van der Waals surface area (Å²) in [6.07, 6.45) is 0.440. The third-order valence-corrected chi connectivity index (χ3v) is 5.14. The van der Waals surface area contributed by atoms with Crippen LogP contribution in [0, 0.1) is 5.92 Å². The van der Waals surface area contributed by atoms with E-state index in [4.69, 9.17) is 23.2 Å². The van der Waals surface area contributed by atoms with Crippen LogP contribution in [0.3, 0.4) is 0 Å². The van der Waals surface area contributed by atoms with E-state index in [1.54, 1.807) is 23.5 Å². The molecule has 1 amide bonds. The maximum atomic E-state index is 12.0. The number of carbonyl (C=O) groups excluding carboxylic acids is 1. The minimum absolute atomic E-state index is 0.0653. The Morgan fingerprint density at radius 1 is 1.21 bits per heavy atom. The maximum absolute atomic E-state index is 12.0. The molecule has 0 radical (unpaired) electrons. The topological polar surface area (TPSA) is 42.0 Å². The van der Waals surface area contributed by atoms with Gasteiger partial charge in [0.2, 0.25) is 5.91 Å². The Balaban J connectivity index is 1.99. The van der Waals surface area contributed by atoms with Crippen molar-refractivity contribution >= 4 is 56.3 Å². The number of anilines is 1. The lowest BCUT2D eigenvalue weighted by Crippen LogP contribution is -2.14. The van der Waals surface area contributed by atoms with Crippen LogP contribution in [0.25, 0.3) is 20.8 Å². The minimum Gasteiger partial charge on any atom is -0.325 e.